The van der Waals surface area contributed by atoms with Gasteiger partial charge in [-0.3, -0.25) is 4.68 Å². The zero-order chi connectivity index (χ0) is 11.9. The third-order valence-corrected chi connectivity index (χ3v) is 3.50. The van der Waals surface area contributed by atoms with Crippen LogP contribution in [0, 0.1) is 5.92 Å². The van der Waals surface area contributed by atoms with Gasteiger partial charge in [-0.25, -0.2) is 0 Å². The summed E-state index contributed by atoms with van der Waals surface area (Å²) in [6, 6.07) is 2.11. The maximum Gasteiger partial charge on any atom is 0.0587 e. The largest absolute Gasteiger partial charge is 0.383 e. The molecule has 0 saturated heterocycles. The summed E-state index contributed by atoms with van der Waals surface area (Å²) in [5.74, 6) is 0.840. The molecule has 0 aliphatic heterocycles. The Balaban J connectivity index is 1.79. The Hall–Kier alpha value is -0.870. The number of aromatic nitrogens is 2. The average molecular weight is 237 g/mol. The van der Waals surface area contributed by atoms with E-state index in [0.29, 0.717) is 0 Å². The van der Waals surface area contributed by atoms with Crippen LogP contribution in [0.3, 0.4) is 0 Å². The Morgan fingerprint density at radius 1 is 1.47 bits per heavy atom. The van der Waals surface area contributed by atoms with Gasteiger partial charge in [0.2, 0.25) is 0 Å². The number of methoxy groups -OCH3 is 1. The second-order valence-corrected chi connectivity index (χ2v) is 4.82. The predicted molar refractivity (Wildman–Crippen MR) is 67.8 cm³/mol. The van der Waals surface area contributed by atoms with Gasteiger partial charge in [-0.1, -0.05) is 12.8 Å². The third-order valence-electron chi connectivity index (χ3n) is 3.50. The third kappa shape index (κ3) is 3.82. The Labute approximate surface area is 103 Å². The Morgan fingerprint density at radius 2 is 2.29 bits per heavy atom. The molecule has 0 unspecified atom stereocenters. The van der Waals surface area contributed by atoms with Gasteiger partial charge in [0.05, 0.1) is 12.3 Å². The minimum Gasteiger partial charge on any atom is -0.383 e. The number of hydrogen-bond acceptors (Lipinski definition) is 3. The van der Waals surface area contributed by atoms with Crippen molar-refractivity contribution in [3.05, 3.63) is 18.0 Å². The molecule has 1 aliphatic carbocycles. The lowest BCUT2D eigenvalue weighted by Gasteiger charge is -2.12. The van der Waals surface area contributed by atoms with E-state index in [2.05, 4.69) is 21.2 Å². The molecule has 4 nitrogen and oxygen atoms in total. The van der Waals surface area contributed by atoms with E-state index < -0.39 is 0 Å². The summed E-state index contributed by atoms with van der Waals surface area (Å²) < 4.78 is 7.18. The molecule has 1 aliphatic rings. The summed E-state index contributed by atoms with van der Waals surface area (Å²) in [5, 5.41) is 7.79. The maximum atomic E-state index is 5.01. The molecule has 0 bridgehead atoms. The van der Waals surface area contributed by atoms with Crippen molar-refractivity contribution in [1.29, 1.82) is 0 Å². The normalized spacial score (nSPS) is 16.8. The molecule has 0 amide bonds. The van der Waals surface area contributed by atoms with Crippen LogP contribution < -0.4 is 5.32 Å². The molecule has 17 heavy (non-hydrogen) atoms. The number of ether oxygens (including phenoxy) is 1. The highest BCUT2D eigenvalue weighted by atomic mass is 16.5. The molecule has 2 rings (SSSR count). The Morgan fingerprint density at radius 3 is 3.06 bits per heavy atom. The van der Waals surface area contributed by atoms with Crippen LogP contribution in [0.4, 0.5) is 0 Å². The van der Waals surface area contributed by atoms with E-state index in [-0.39, 0.29) is 0 Å². The van der Waals surface area contributed by atoms with Gasteiger partial charge in [0, 0.05) is 32.9 Å². The lowest BCUT2D eigenvalue weighted by atomic mass is 10.1. The number of nitrogens with zero attached hydrogens (tertiary/aromatic N) is 2. The van der Waals surface area contributed by atoms with Crippen molar-refractivity contribution < 1.29 is 4.74 Å². The average Bonchev–Trinajstić information content (AvgIpc) is 2.97. The second-order valence-electron chi connectivity index (χ2n) is 4.82. The van der Waals surface area contributed by atoms with Crippen LogP contribution >= 0.6 is 0 Å². The minimum absolute atomic E-state index is 0.761. The van der Waals surface area contributed by atoms with Crippen molar-refractivity contribution in [3.8, 4) is 0 Å². The summed E-state index contributed by atoms with van der Waals surface area (Å²) in [6.07, 6.45) is 7.44. The van der Waals surface area contributed by atoms with E-state index in [1.807, 2.05) is 6.20 Å². The van der Waals surface area contributed by atoms with Crippen LogP contribution in [-0.4, -0.2) is 30.0 Å². The van der Waals surface area contributed by atoms with Crippen molar-refractivity contribution in [2.45, 2.75) is 38.8 Å². The lowest BCUT2D eigenvalue weighted by Crippen LogP contribution is -2.21. The highest BCUT2D eigenvalue weighted by Crippen LogP contribution is 2.26. The quantitative estimate of drug-likeness (QED) is 0.735. The molecular weight excluding hydrogens is 214 g/mol. The van der Waals surface area contributed by atoms with Crippen LogP contribution in [0.25, 0.3) is 0 Å². The van der Waals surface area contributed by atoms with Crippen molar-refractivity contribution >= 4 is 0 Å². The Kier molecular flexibility index (Phi) is 5.01. The SMILES string of the molecule is COCCNCc1ccnn1CC1CCCC1. The molecule has 1 saturated carbocycles. The van der Waals surface area contributed by atoms with Gasteiger partial charge in [-0.2, -0.15) is 5.10 Å². The highest BCUT2D eigenvalue weighted by molar-refractivity contribution is 5.00. The first-order valence-electron chi connectivity index (χ1n) is 6.60. The van der Waals surface area contributed by atoms with Gasteiger partial charge in [0.25, 0.3) is 0 Å². The standard InChI is InChI=1S/C13H23N3O/c1-17-9-8-14-10-13-6-7-15-16(13)11-12-4-2-3-5-12/h6-7,12,14H,2-5,8-11H2,1H3. The molecule has 96 valence electrons. The van der Waals surface area contributed by atoms with Gasteiger partial charge in [0.1, 0.15) is 0 Å². The zero-order valence-corrected chi connectivity index (χ0v) is 10.7. The molecule has 0 spiro atoms. The van der Waals surface area contributed by atoms with Gasteiger partial charge in [0.15, 0.2) is 0 Å². The first-order valence-corrected chi connectivity index (χ1v) is 6.60. The van der Waals surface area contributed by atoms with Gasteiger partial charge < -0.3 is 10.1 Å². The van der Waals surface area contributed by atoms with Gasteiger partial charge in [-0.05, 0) is 24.8 Å². The second kappa shape index (κ2) is 6.77. The topological polar surface area (TPSA) is 39.1 Å². The number of nitrogens with one attached hydrogen (secondary N) is 1. The molecule has 0 radical (unpaired) electrons. The summed E-state index contributed by atoms with van der Waals surface area (Å²) >= 11 is 0. The van der Waals surface area contributed by atoms with Crippen LogP contribution in [0.2, 0.25) is 0 Å². The molecule has 1 N–H and O–H groups in total. The molecule has 1 aromatic heterocycles. The monoisotopic (exact) mass is 237 g/mol. The summed E-state index contributed by atoms with van der Waals surface area (Å²) in [7, 11) is 1.73. The first kappa shape index (κ1) is 12.6. The molecule has 1 heterocycles. The minimum atomic E-state index is 0.761. The summed E-state index contributed by atoms with van der Waals surface area (Å²) in [4.78, 5) is 0. The van der Waals surface area contributed by atoms with E-state index in [4.69, 9.17) is 4.74 Å². The molecular formula is C13H23N3O. The highest BCUT2D eigenvalue weighted by Gasteiger charge is 2.16. The van der Waals surface area contributed by atoms with Crippen LogP contribution in [0.1, 0.15) is 31.4 Å². The fraction of sp³-hybridized carbons (Fsp3) is 0.769. The van der Waals surface area contributed by atoms with Crippen LogP contribution in [0.5, 0.6) is 0 Å². The Bertz CT molecular complexity index is 318. The fourth-order valence-electron chi connectivity index (χ4n) is 2.50. The smallest absolute Gasteiger partial charge is 0.0587 e. The van der Waals surface area contributed by atoms with Crippen LogP contribution in [-0.2, 0) is 17.8 Å². The van der Waals surface area contributed by atoms with Crippen molar-refractivity contribution in [2.75, 3.05) is 20.3 Å². The van der Waals surface area contributed by atoms with Crippen LogP contribution in [0.15, 0.2) is 12.3 Å². The lowest BCUT2D eigenvalue weighted by molar-refractivity contribution is 0.199. The number of rotatable bonds is 7. The van der Waals surface area contributed by atoms with E-state index in [1.165, 1.54) is 31.4 Å². The fourth-order valence-corrected chi connectivity index (χ4v) is 2.50. The van der Waals surface area contributed by atoms with Crippen molar-refractivity contribution in [2.24, 2.45) is 5.92 Å². The predicted octanol–water partition coefficient (Wildman–Crippen LogP) is 1.81. The van der Waals surface area contributed by atoms with E-state index >= 15 is 0 Å². The summed E-state index contributed by atoms with van der Waals surface area (Å²) in [6.45, 7) is 3.63. The van der Waals surface area contributed by atoms with Gasteiger partial charge >= 0.3 is 0 Å². The molecule has 4 heteroatoms. The van der Waals surface area contributed by atoms with E-state index in [1.54, 1.807) is 7.11 Å². The molecule has 1 aromatic rings. The summed E-state index contributed by atoms with van der Waals surface area (Å²) in [5.41, 5.74) is 1.29. The zero-order valence-electron chi connectivity index (χ0n) is 10.7. The van der Waals surface area contributed by atoms with Crippen molar-refractivity contribution in [3.63, 3.8) is 0 Å². The molecule has 0 atom stereocenters. The molecule has 0 aromatic carbocycles. The first-order chi connectivity index (χ1) is 8.40. The van der Waals surface area contributed by atoms with E-state index in [9.17, 15) is 0 Å². The van der Waals surface area contributed by atoms with Crippen molar-refractivity contribution in [1.82, 2.24) is 15.1 Å². The van der Waals surface area contributed by atoms with Gasteiger partial charge in [-0.15, -0.1) is 0 Å². The molecule has 1 fully saturated rings. The van der Waals surface area contributed by atoms with E-state index in [0.717, 1.165) is 32.2 Å². The number of hydrogen-bond donors (Lipinski definition) is 1. The maximum absolute atomic E-state index is 5.01.